The van der Waals surface area contributed by atoms with Crippen molar-refractivity contribution in [2.75, 3.05) is 18.1 Å². The van der Waals surface area contributed by atoms with E-state index in [-0.39, 0.29) is 23.9 Å². The Bertz CT molecular complexity index is 356. The molecule has 0 aromatic heterocycles. The number of aliphatic carboxylic acids is 1. The summed E-state index contributed by atoms with van der Waals surface area (Å²) in [6.45, 7) is 0.650. The third-order valence-electron chi connectivity index (χ3n) is 4.06. The van der Waals surface area contributed by atoms with E-state index in [9.17, 15) is 9.59 Å². The summed E-state index contributed by atoms with van der Waals surface area (Å²) in [7, 11) is 0. The summed E-state index contributed by atoms with van der Waals surface area (Å²) in [5, 5.41) is 8.93. The van der Waals surface area contributed by atoms with Gasteiger partial charge in [0.25, 0.3) is 0 Å². The Balaban J connectivity index is 1.96. The number of carbonyl (C=O) groups excluding carboxylic acids is 1. The summed E-state index contributed by atoms with van der Waals surface area (Å²) in [5.41, 5.74) is 5.89. The maximum absolute atomic E-state index is 12.4. The second-order valence-electron chi connectivity index (χ2n) is 5.66. The van der Waals surface area contributed by atoms with Crippen molar-refractivity contribution in [3.05, 3.63) is 0 Å². The topological polar surface area (TPSA) is 83.6 Å². The maximum Gasteiger partial charge on any atom is 0.305 e. The minimum Gasteiger partial charge on any atom is -0.481 e. The zero-order valence-electron chi connectivity index (χ0n) is 11.1. The molecule has 0 bridgehead atoms. The molecule has 5 nitrogen and oxygen atoms in total. The smallest absolute Gasteiger partial charge is 0.305 e. The van der Waals surface area contributed by atoms with Gasteiger partial charge in [-0.05, 0) is 12.8 Å². The van der Waals surface area contributed by atoms with Crippen LogP contribution in [0.1, 0.15) is 38.5 Å². The van der Waals surface area contributed by atoms with Crippen molar-refractivity contribution < 1.29 is 14.7 Å². The monoisotopic (exact) mass is 286 g/mol. The standard InChI is InChI=1S/C13H22N2O3S/c14-13(3-1-2-4-13)8-11(16)15-5-6-19-9-10(15)7-12(17)18/h10H,1-9,14H2,(H,17,18). The third-order valence-corrected chi connectivity index (χ3v) is 5.15. The van der Waals surface area contributed by atoms with Crippen LogP contribution in [0.3, 0.4) is 0 Å². The van der Waals surface area contributed by atoms with E-state index in [0.717, 1.165) is 37.2 Å². The number of rotatable bonds is 4. The van der Waals surface area contributed by atoms with Crippen LogP contribution < -0.4 is 5.73 Å². The molecule has 2 rings (SSSR count). The van der Waals surface area contributed by atoms with Crippen molar-refractivity contribution >= 4 is 23.6 Å². The van der Waals surface area contributed by atoms with Crippen LogP contribution in [0.2, 0.25) is 0 Å². The molecule has 2 fully saturated rings. The van der Waals surface area contributed by atoms with Crippen LogP contribution in [0, 0.1) is 0 Å². The van der Waals surface area contributed by atoms with Gasteiger partial charge >= 0.3 is 5.97 Å². The largest absolute Gasteiger partial charge is 0.481 e. The van der Waals surface area contributed by atoms with Gasteiger partial charge in [-0.25, -0.2) is 0 Å². The van der Waals surface area contributed by atoms with Gasteiger partial charge < -0.3 is 15.7 Å². The number of hydrogen-bond donors (Lipinski definition) is 2. The summed E-state index contributed by atoms with van der Waals surface area (Å²) < 4.78 is 0. The van der Waals surface area contributed by atoms with Gasteiger partial charge in [-0.2, -0.15) is 11.8 Å². The number of nitrogens with zero attached hydrogens (tertiary/aromatic N) is 1. The van der Waals surface area contributed by atoms with E-state index in [4.69, 9.17) is 10.8 Å². The highest BCUT2D eigenvalue weighted by Crippen LogP contribution is 2.31. The summed E-state index contributed by atoms with van der Waals surface area (Å²) in [6.07, 6.45) is 4.41. The molecule has 3 N–H and O–H groups in total. The predicted molar refractivity (Wildman–Crippen MR) is 75.1 cm³/mol. The summed E-state index contributed by atoms with van der Waals surface area (Å²) >= 11 is 1.72. The molecule has 0 aromatic rings. The summed E-state index contributed by atoms with van der Waals surface area (Å²) in [4.78, 5) is 25.0. The first-order valence-electron chi connectivity index (χ1n) is 6.88. The quantitative estimate of drug-likeness (QED) is 0.807. The van der Waals surface area contributed by atoms with E-state index in [2.05, 4.69) is 0 Å². The Labute approximate surface area is 117 Å². The first kappa shape index (κ1) is 14.7. The molecule has 2 aliphatic rings. The second-order valence-corrected chi connectivity index (χ2v) is 6.81. The predicted octanol–water partition coefficient (Wildman–Crippen LogP) is 1.07. The minimum absolute atomic E-state index is 0.0379. The number of nitrogens with two attached hydrogens (primary N) is 1. The lowest BCUT2D eigenvalue weighted by atomic mass is 9.93. The van der Waals surface area contributed by atoms with Gasteiger partial charge in [0, 0.05) is 30.0 Å². The molecule has 0 spiro atoms. The third kappa shape index (κ3) is 3.86. The molecule has 1 unspecified atom stereocenters. The number of thioether (sulfide) groups is 1. The van der Waals surface area contributed by atoms with Gasteiger partial charge in [-0.3, -0.25) is 9.59 Å². The molecule has 0 radical (unpaired) electrons. The fraction of sp³-hybridized carbons (Fsp3) is 0.846. The molecule has 108 valence electrons. The normalized spacial score (nSPS) is 26.4. The second kappa shape index (κ2) is 6.13. The minimum atomic E-state index is -0.839. The Kier molecular flexibility index (Phi) is 4.73. The van der Waals surface area contributed by atoms with Gasteiger partial charge in [-0.15, -0.1) is 0 Å². The van der Waals surface area contributed by atoms with E-state index < -0.39 is 5.97 Å². The molecule has 1 aliphatic carbocycles. The lowest BCUT2D eigenvalue weighted by Gasteiger charge is -2.36. The van der Waals surface area contributed by atoms with Gasteiger partial charge in [0.05, 0.1) is 12.5 Å². The van der Waals surface area contributed by atoms with Gasteiger partial charge in [0.2, 0.25) is 5.91 Å². The van der Waals surface area contributed by atoms with E-state index in [1.165, 1.54) is 0 Å². The fourth-order valence-corrected chi connectivity index (χ4v) is 4.07. The van der Waals surface area contributed by atoms with Gasteiger partial charge in [0.1, 0.15) is 0 Å². The molecule has 1 saturated heterocycles. The molecule has 1 heterocycles. The highest BCUT2D eigenvalue weighted by molar-refractivity contribution is 7.99. The number of amides is 1. The number of carboxylic acid groups (broad SMARTS) is 1. The number of carbonyl (C=O) groups is 2. The average Bonchev–Trinajstić information content (AvgIpc) is 2.75. The molecule has 19 heavy (non-hydrogen) atoms. The lowest BCUT2D eigenvalue weighted by molar-refractivity contribution is -0.140. The number of carboxylic acids is 1. The summed E-state index contributed by atoms with van der Waals surface area (Å²) in [6, 6.07) is -0.172. The van der Waals surface area contributed by atoms with E-state index in [1.54, 1.807) is 16.7 Å². The highest BCUT2D eigenvalue weighted by atomic mass is 32.2. The Hall–Kier alpha value is -0.750. The Morgan fingerprint density at radius 1 is 1.37 bits per heavy atom. The molecule has 1 atom stereocenters. The lowest BCUT2D eigenvalue weighted by Crippen LogP contribution is -2.50. The first-order valence-corrected chi connectivity index (χ1v) is 8.03. The first-order chi connectivity index (χ1) is 9.00. The van der Waals surface area contributed by atoms with E-state index >= 15 is 0 Å². The molecule has 1 aliphatic heterocycles. The van der Waals surface area contributed by atoms with Crippen LogP contribution in [0.4, 0.5) is 0 Å². The zero-order valence-corrected chi connectivity index (χ0v) is 12.0. The van der Waals surface area contributed by atoms with Crippen LogP contribution >= 0.6 is 11.8 Å². The van der Waals surface area contributed by atoms with Crippen molar-refractivity contribution in [2.24, 2.45) is 5.73 Å². The highest BCUT2D eigenvalue weighted by Gasteiger charge is 2.36. The van der Waals surface area contributed by atoms with Crippen LogP contribution in [0.25, 0.3) is 0 Å². The number of hydrogen-bond acceptors (Lipinski definition) is 4. The van der Waals surface area contributed by atoms with Crippen molar-refractivity contribution in [3.8, 4) is 0 Å². The SMILES string of the molecule is NC1(CC(=O)N2CCSCC2CC(=O)O)CCCC1. The zero-order chi connectivity index (χ0) is 13.9. The molecular formula is C13H22N2O3S. The van der Waals surface area contributed by atoms with Crippen LogP contribution in [-0.4, -0.2) is 51.5 Å². The van der Waals surface area contributed by atoms with Crippen molar-refractivity contribution in [3.63, 3.8) is 0 Å². The van der Waals surface area contributed by atoms with Crippen LogP contribution in [0.5, 0.6) is 0 Å². The van der Waals surface area contributed by atoms with Crippen molar-refractivity contribution in [1.82, 2.24) is 4.90 Å². The maximum atomic E-state index is 12.4. The van der Waals surface area contributed by atoms with Crippen molar-refractivity contribution in [1.29, 1.82) is 0 Å². The van der Waals surface area contributed by atoms with E-state index in [0.29, 0.717) is 13.0 Å². The van der Waals surface area contributed by atoms with Crippen LogP contribution in [0.15, 0.2) is 0 Å². The van der Waals surface area contributed by atoms with Crippen molar-refractivity contribution in [2.45, 2.75) is 50.1 Å². The molecule has 0 aromatic carbocycles. The van der Waals surface area contributed by atoms with E-state index in [1.807, 2.05) is 0 Å². The van der Waals surface area contributed by atoms with Gasteiger partial charge in [-0.1, -0.05) is 12.8 Å². The Morgan fingerprint density at radius 2 is 2.05 bits per heavy atom. The average molecular weight is 286 g/mol. The summed E-state index contributed by atoms with van der Waals surface area (Å²) in [5.74, 6) is 0.805. The molecule has 1 amide bonds. The Morgan fingerprint density at radius 3 is 2.68 bits per heavy atom. The molecular weight excluding hydrogens is 264 g/mol. The fourth-order valence-electron chi connectivity index (χ4n) is 3.01. The molecule has 1 saturated carbocycles. The van der Waals surface area contributed by atoms with Gasteiger partial charge in [0.15, 0.2) is 0 Å². The molecule has 6 heteroatoms. The van der Waals surface area contributed by atoms with Crippen LogP contribution in [-0.2, 0) is 9.59 Å².